The molecule has 0 radical (unpaired) electrons. The molecule has 14 heavy (non-hydrogen) atoms. The summed E-state index contributed by atoms with van der Waals surface area (Å²) in [6.07, 6.45) is 3.67. The van der Waals surface area contributed by atoms with Crippen molar-refractivity contribution in [2.75, 3.05) is 19.7 Å². The Morgan fingerprint density at radius 3 is 2.57 bits per heavy atom. The number of nitrogens with zero attached hydrogens (tertiary/aromatic N) is 1. The SMILES string of the molecule is O=C1CC(C(=O)N2CCCCC2)CO1. The minimum absolute atomic E-state index is 0.107. The minimum atomic E-state index is -0.236. The van der Waals surface area contributed by atoms with Gasteiger partial charge in [0.1, 0.15) is 6.61 Å². The number of hydrogen-bond acceptors (Lipinski definition) is 3. The third-order valence-corrected chi connectivity index (χ3v) is 2.88. The van der Waals surface area contributed by atoms with Crippen LogP contribution in [-0.2, 0) is 14.3 Å². The maximum absolute atomic E-state index is 11.8. The zero-order valence-electron chi connectivity index (χ0n) is 8.20. The molecule has 4 heteroatoms. The van der Waals surface area contributed by atoms with E-state index < -0.39 is 0 Å². The molecule has 1 amide bonds. The minimum Gasteiger partial charge on any atom is -0.465 e. The highest BCUT2D eigenvalue weighted by atomic mass is 16.5. The lowest BCUT2D eigenvalue weighted by atomic mass is 10.0. The molecule has 2 rings (SSSR count). The van der Waals surface area contributed by atoms with E-state index in [2.05, 4.69) is 0 Å². The summed E-state index contributed by atoms with van der Waals surface area (Å²) >= 11 is 0. The van der Waals surface area contributed by atoms with Crippen LogP contribution in [0.4, 0.5) is 0 Å². The fourth-order valence-corrected chi connectivity index (χ4v) is 2.04. The number of esters is 1. The lowest BCUT2D eigenvalue weighted by molar-refractivity contribution is -0.138. The average molecular weight is 197 g/mol. The van der Waals surface area contributed by atoms with Crippen LogP contribution in [0.1, 0.15) is 25.7 Å². The summed E-state index contributed by atoms with van der Waals surface area (Å²) in [5.41, 5.74) is 0. The zero-order chi connectivity index (χ0) is 9.97. The van der Waals surface area contributed by atoms with Crippen LogP contribution in [0.5, 0.6) is 0 Å². The summed E-state index contributed by atoms with van der Waals surface area (Å²) in [5, 5.41) is 0. The number of amides is 1. The summed E-state index contributed by atoms with van der Waals surface area (Å²) in [7, 11) is 0. The van der Waals surface area contributed by atoms with E-state index >= 15 is 0 Å². The maximum Gasteiger partial charge on any atom is 0.306 e. The van der Waals surface area contributed by atoms with Crippen molar-refractivity contribution >= 4 is 11.9 Å². The molecule has 0 aromatic heterocycles. The quantitative estimate of drug-likeness (QED) is 0.577. The maximum atomic E-state index is 11.8. The van der Waals surface area contributed by atoms with Gasteiger partial charge in [0, 0.05) is 13.1 Å². The Labute approximate surface area is 83.2 Å². The molecule has 0 aromatic rings. The Morgan fingerprint density at radius 2 is 2.00 bits per heavy atom. The highest BCUT2D eigenvalue weighted by molar-refractivity contribution is 5.86. The van der Waals surface area contributed by atoms with Crippen molar-refractivity contribution in [2.45, 2.75) is 25.7 Å². The van der Waals surface area contributed by atoms with Gasteiger partial charge in [-0.05, 0) is 19.3 Å². The van der Waals surface area contributed by atoms with E-state index in [-0.39, 0.29) is 30.8 Å². The molecule has 0 N–H and O–H groups in total. The lowest BCUT2D eigenvalue weighted by Gasteiger charge is -2.28. The molecule has 1 unspecified atom stereocenters. The van der Waals surface area contributed by atoms with E-state index in [4.69, 9.17) is 4.74 Å². The Bertz CT molecular complexity index is 246. The number of hydrogen-bond donors (Lipinski definition) is 0. The van der Waals surface area contributed by atoms with Crippen molar-refractivity contribution in [3.05, 3.63) is 0 Å². The first kappa shape index (κ1) is 9.49. The molecule has 0 spiro atoms. The number of carbonyl (C=O) groups is 2. The first-order chi connectivity index (χ1) is 6.77. The Balaban J connectivity index is 1.90. The van der Waals surface area contributed by atoms with Crippen molar-refractivity contribution in [2.24, 2.45) is 5.92 Å². The number of piperidine rings is 1. The van der Waals surface area contributed by atoms with Crippen LogP contribution < -0.4 is 0 Å². The molecular weight excluding hydrogens is 182 g/mol. The fourth-order valence-electron chi connectivity index (χ4n) is 2.04. The highest BCUT2D eigenvalue weighted by Gasteiger charge is 2.33. The highest BCUT2D eigenvalue weighted by Crippen LogP contribution is 2.19. The molecule has 2 heterocycles. The van der Waals surface area contributed by atoms with Crippen LogP contribution in [0.3, 0.4) is 0 Å². The van der Waals surface area contributed by atoms with Gasteiger partial charge in [-0.15, -0.1) is 0 Å². The van der Waals surface area contributed by atoms with E-state index in [1.54, 1.807) is 0 Å². The fraction of sp³-hybridized carbons (Fsp3) is 0.800. The Morgan fingerprint density at radius 1 is 1.29 bits per heavy atom. The second kappa shape index (κ2) is 3.98. The van der Waals surface area contributed by atoms with Crippen molar-refractivity contribution in [1.82, 2.24) is 4.90 Å². The third kappa shape index (κ3) is 1.89. The number of rotatable bonds is 1. The van der Waals surface area contributed by atoms with Crippen LogP contribution in [-0.4, -0.2) is 36.5 Å². The van der Waals surface area contributed by atoms with Crippen molar-refractivity contribution in [3.63, 3.8) is 0 Å². The topological polar surface area (TPSA) is 46.6 Å². The van der Waals surface area contributed by atoms with Crippen LogP contribution in [0, 0.1) is 5.92 Å². The molecule has 78 valence electrons. The summed E-state index contributed by atoms with van der Waals surface area (Å²) in [6, 6.07) is 0. The van der Waals surface area contributed by atoms with Gasteiger partial charge in [0.2, 0.25) is 5.91 Å². The molecule has 2 fully saturated rings. The Kier molecular flexibility index (Phi) is 2.70. The van der Waals surface area contributed by atoms with Crippen molar-refractivity contribution in [1.29, 1.82) is 0 Å². The summed E-state index contributed by atoms with van der Waals surface area (Å²) < 4.78 is 4.79. The van der Waals surface area contributed by atoms with Crippen LogP contribution in [0.15, 0.2) is 0 Å². The van der Waals surface area contributed by atoms with Crippen LogP contribution in [0.2, 0.25) is 0 Å². The summed E-state index contributed by atoms with van der Waals surface area (Å²) in [6.45, 7) is 1.99. The van der Waals surface area contributed by atoms with Gasteiger partial charge in [-0.2, -0.15) is 0 Å². The van der Waals surface area contributed by atoms with Gasteiger partial charge < -0.3 is 9.64 Å². The standard InChI is InChI=1S/C10H15NO3/c12-9-6-8(7-14-9)10(13)11-4-2-1-3-5-11/h8H,1-7H2. The van der Waals surface area contributed by atoms with E-state index in [0.717, 1.165) is 25.9 Å². The summed E-state index contributed by atoms with van der Waals surface area (Å²) in [4.78, 5) is 24.6. The number of carbonyl (C=O) groups excluding carboxylic acids is 2. The van der Waals surface area contributed by atoms with Gasteiger partial charge >= 0.3 is 5.97 Å². The molecular formula is C10H15NO3. The number of cyclic esters (lactones) is 1. The van der Waals surface area contributed by atoms with Crippen molar-refractivity contribution < 1.29 is 14.3 Å². The normalized spacial score (nSPS) is 27.6. The second-order valence-electron chi connectivity index (χ2n) is 3.97. The lowest BCUT2D eigenvalue weighted by Crippen LogP contribution is -2.39. The van der Waals surface area contributed by atoms with Gasteiger partial charge in [-0.25, -0.2) is 0 Å². The third-order valence-electron chi connectivity index (χ3n) is 2.88. The Hall–Kier alpha value is -1.06. The summed E-state index contributed by atoms with van der Waals surface area (Å²) in [5.74, 6) is -0.337. The smallest absolute Gasteiger partial charge is 0.306 e. The predicted octanol–water partition coefficient (Wildman–Crippen LogP) is 0.562. The largest absolute Gasteiger partial charge is 0.465 e. The zero-order valence-corrected chi connectivity index (χ0v) is 8.20. The van der Waals surface area contributed by atoms with Gasteiger partial charge in [0.05, 0.1) is 12.3 Å². The molecule has 0 bridgehead atoms. The van der Waals surface area contributed by atoms with Gasteiger partial charge in [0.15, 0.2) is 0 Å². The number of likely N-dealkylation sites (tertiary alicyclic amines) is 1. The number of ether oxygens (including phenoxy) is 1. The van der Waals surface area contributed by atoms with Crippen molar-refractivity contribution in [3.8, 4) is 0 Å². The van der Waals surface area contributed by atoms with E-state index in [1.165, 1.54) is 6.42 Å². The van der Waals surface area contributed by atoms with Crippen LogP contribution in [0.25, 0.3) is 0 Å². The predicted molar refractivity (Wildman–Crippen MR) is 49.5 cm³/mol. The van der Waals surface area contributed by atoms with Crippen LogP contribution >= 0.6 is 0 Å². The van der Waals surface area contributed by atoms with Gasteiger partial charge in [-0.3, -0.25) is 9.59 Å². The molecule has 0 saturated carbocycles. The molecule has 4 nitrogen and oxygen atoms in total. The first-order valence-corrected chi connectivity index (χ1v) is 5.22. The molecule has 0 aliphatic carbocycles. The molecule has 1 atom stereocenters. The van der Waals surface area contributed by atoms with Gasteiger partial charge in [-0.1, -0.05) is 0 Å². The molecule has 2 aliphatic heterocycles. The van der Waals surface area contributed by atoms with E-state index in [9.17, 15) is 9.59 Å². The molecule has 2 saturated heterocycles. The monoisotopic (exact) mass is 197 g/mol. The van der Waals surface area contributed by atoms with E-state index in [0.29, 0.717) is 0 Å². The first-order valence-electron chi connectivity index (χ1n) is 5.22. The van der Waals surface area contributed by atoms with Gasteiger partial charge in [0.25, 0.3) is 0 Å². The molecule has 2 aliphatic rings. The molecule has 0 aromatic carbocycles. The second-order valence-corrected chi connectivity index (χ2v) is 3.97. The average Bonchev–Trinajstić information content (AvgIpc) is 2.65. The van der Waals surface area contributed by atoms with E-state index in [1.807, 2.05) is 4.90 Å².